The summed E-state index contributed by atoms with van der Waals surface area (Å²) in [6.45, 7) is 0. The maximum Gasteiger partial charge on any atom is 0.331 e. The third kappa shape index (κ3) is 2.28. The summed E-state index contributed by atoms with van der Waals surface area (Å²) in [7, 11) is 1.56. The van der Waals surface area contributed by atoms with Gasteiger partial charge in [0.15, 0.2) is 0 Å². The minimum atomic E-state index is -0.826. The lowest BCUT2D eigenvalue weighted by Crippen LogP contribution is -2.51. The van der Waals surface area contributed by atoms with Crippen LogP contribution in [0.2, 0.25) is 15.3 Å². The molecule has 114 valence electrons. The number of para-hydroxylation sites is 1. The van der Waals surface area contributed by atoms with Gasteiger partial charge in [-0.3, -0.25) is 9.80 Å². The molecule has 22 heavy (non-hydrogen) atoms. The molecule has 9 heteroatoms. The van der Waals surface area contributed by atoms with E-state index in [-0.39, 0.29) is 5.28 Å². The van der Waals surface area contributed by atoms with Crippen LogP contribution in [0, 0.1) is 0 Å². The van der Waals surface area contributed by atoms with Crippen LogP contribution >= 0.6 is 34.8 Å². The van der Waals surface area contributed by atoms with Gasteiger partial charge in [-0.05, 0) is 23.7 Å². The van der Waals surface area contributed by atoms with Gasteiger partial charge in [0.05, 0.1) is 21.3 Å². The highest BCUT2D eigenvalue weighted by Gasteiger charge is 2.38. The fourth-order valence-corrected chi connectivity index (χ4v) is 3.01. The number of carbonyl (C=O) groups is 1. The SMILES string of the molecule is CN1C(=O)N(c2c(Cl)cccc2Cl)C(N)c2cnc(Cl)nc21. The number of amides is 2. The molecule has 1 aromatic carbocycles. The Kier molecular flexibility index (Phi) is 3.86. The van der Waals surface area contributed by atoms with E-state index in [0.717, 1.165) is 0 Å². The number of urea groups is 1. The van der Waals surface area contributed by atoms with Crippen LogP contribution in [0.15, 0.2) is 24.4 Å². The minimum Gasteiger partial charge on any atom is -0.307 e. The lowest BCUT2D eigenvalue weighted by atomic mass is 10.1. The highest BCUT2D eigenvalue weighted by atomic mass is 35.5. The molecule has 0 saturated heterocycles. The van der Waals surface area contributed by atoms with Crippen LogP contribution < -0.4 is 15.5 Å². The van der Waals surface area contributed by atoms with Gasteiger partial charge in [0.2, 0.25) is 5.28 Å². The lowest BCUT2D eigenvalue weighted by molar-refractivity contribution is 0.249. The number of aromatic nitrogens is 2. The van der Waals surface area contributed by atoms with Crippen LogP contribution in [0.3, 0.4) is 0 Å². The van der Waals surface area contributed by atoms with Crippen molar-refractivity contribution in [2.75, 3.05) is 16.8 Å². The van der Waals surface area contributed by atoms with Gasteiger partial charge in [-0.25, -0.2) is 9.78 Å². The molecule has 6 nitrogen and oxygen atoms in total. The summed E-state index contributed by atoms with van der Waals surface area (Å²) in [5.41, 5.74) is 7.09. The second-order valence-electron chi connectivity index (χ2n) is 4.64. The fourth-order valence-electron chi connectivity index (χ4n) is 2.30. The van der Waals surface area contributed by atoms with Gasteiger partial charge in [-0.2, -0.15) is 4.98 Å². The topological polar surface area (TPSA) is 75.4 Å². The Morgan fingerprint density at radius 1 is 1.23 bits per heavy atom. The van der Waals surface area contributed by atoms with E-state index in [2.05, 4.69) is 9.97 Å². The molecule has 0 spiro atoms. The lowest BCUT2D eigenvalue weighted by Gasteiger charge is -2.38. The maximum absolute atomic E-state index is 12.7. The van der Waals surface area contributed by atoms with Crippen molar-refractivity contribution in [1.29, 1.82) is 0 Å². The number of carbonyl (C=O) groups excluding carboxylic acids is 1. The zero-order valence-corrected chi connectivity index (χ0v) is 13.6. The van der Waals surface area contributed by atoms with Crippen LogP contribution in [0.4, 0.5) is 16.3 Å². The van der Waals surface area contributed by atoms with Gasteiger partial charge in [-0.15, -0.1) is 0 Å². The predicted octanol–water partition coefficient (Wildman–Crippen LogP) is 3.47. The van der Waals surface area contributed by atoms with Gasteiger partial charge in [0.25, 0.3) is 0 Å². The quantitative estimate of drug-likeness (QED) is 0.792. The van der Waals surface area contributed by atoms with Crippen molar-refractivity contribution in [2.24, 2.45) is 5.73 Å². The van der Waals surface area contributed by atoms with E-state index in [1.807, 2.05) is 0 Å². The second kappa shape index (κ2) is 5.55. The van der Waals surface area contributed by atoms with E-state index in [9.17, 15) is 4.79 Å². The average Bonchev–Trinajstić information content (AvgIpc) is 2.48. The second-order valence-corrected chi connectivity index (χ2v) is 5.80. The Morgan fingerprint density at radius 2 is 1.86 bits per heavy atom. The smallest absolute Gasteiger partial charge is 0.307 e. The van der Waals surface area contributed by atoms with E-state index >= 15 is 0 Å². The van der Waals surface area contributed by atoms with Crippen molar-refractivity contribution >= 4 is 52.3 Å². The number of halogens is 3. The van der Waals surface area contributed by atoms with Crippen molar-refractivity contribution in [1.82, 2.24) is 9.97 Å². The number of benzene rings is 1. The normalized spacial score (nSPS) is 17.7. The zero-order chi connectivity index (χ0) is 16.0. The molecule has 1 atom stereocenters. The van der Waals surface area contributed by atoms with Crippen molar-refractivity contribution < 1.29 is 4.79 Å². The summed E-state index contributed by atoms with van der Waals surface area (Å²) in [6.07, 6.45) is 0.657. The molecule has 1 aromatic heterocycles. The maximum atomic E-state index is 12.7. The molecule has 1 aliphatic rings. The van der Waals surface area contributed by atoms with Gasteiger partial charge < -0.3 is 5.73 Å². The van der Waals surface area contributed by atoms with E-state index in [0.29, 0.717) is 27.1 Å². The molecular formula is C13H10Cl3N5O. The number of nitrogens with zero attached hydrogens (tertiary/aromatic N) is 4. The Bertz CT molecular complexity index is 749. The Labute approximate surface area is 141 Å². The molecule has 2 heterocycles. The first-order chi connectivity index (χ1) is 10.4. The summed E-state index contributed by atoms with van der Waals surface area (Å²) in [4.78, 5) is 23.3. The molecular weight excluding hydrogens is 349 g/mol. The molecule has 1 aliphatic heterocycles. The summed E-state index contributed by atoms with van der Waals surface area (Å²) in [5.74, 6) is 0.358. The van der Waals surface area contributed by atoms with Crippen LogP contribution in [-0.4, -0.2) is 23.0 Å². The first-order valence-corrected chi connectivity index (χ1v) is 7.34. The molecule has 0 bridgehead atoms. The van der Waals surface area contributed by atoms with E-state index in [4.69, 9.17) is 40.5 Å². The number of nitrogens with two attached hydrogens (primary N) is 1. The predicted molar refractivity (Wildman–Crippen MR) is 86.7 cm³/mol. The number of hydrogen-bond donors (Lipinski definition) is 1. The standard InChI is InChI=1S/C13H10Cl3N5O/c1-20-11-6(5-18-12(16)19-11)10(17)21(13(20)22)9-7(14)3-2-4-8(9)15/h2-5,10H,17H2,1H3. The van der Waals surface area contributed by atoms with Crippen molar-refractivity contribution in [3.63, 3.8) is 0 Å². The highest BCUT2D eigenvalue weighted by molar-refractivity contribution is 6.40. The highest BCUT2D eigenvalue weighted by Crippen LogP contribution is 2.41. The van der Waals surface area contributed by atoms with E-state index < -0.39 is 12.2 Å². The van der Waals surface area contributed by atoms with Gasteiger partial charge in [0.1, 0.15) is 12.0 Å². The number of hydrogen-bond acceptors (Lipinski definition) is 4. The van der Waals surface area contributed by atoms with Crippen LogP contribution in [-0.2, 0) is 0 Å². The minimum absolute atomic E-state index is 0.0369. The molecule has 2 aromatic rings. The first kappa shape index (κ1) is 15.3. The van der Waals surface area contributed by atoms with E-state index in [1.165, 1.54) is 16.0 Å². The summed E-state index contributed by atoms with van der Waals surface area (Å²) in [5, 5.41) is 0.681. The molecule has 0 fully saturated rings. The van der Waals surface area contributed by atoms with Crippen LogP contribution in [0.5, 0.6) is 0 Å². The third-order valence-electron chi connectivity index (χ3n) is 3.35. The summed E-state index contributed by atoms with van der Waals surface area (Å²) < 4.78 is 0. The molecule has 0 radical (unpaired) electrons. The first-order valence-electron chi connectivity index (χ1n) is 6.20. The Hall–Kier alpha value is -1.60. The van der Waals surface area contributed by atoms with Crippen LogP contribution in [0.1, 0.15) is 11.7 Å². The average molecular weight is 359 g/mol. The molecule has 3 rings (SSSR count). The molecule has 0 saturated carbocycles. The van der Waals surface area contributed by atoms with Crippen molar-refractivity contribution in [3.8, 4) is 0 Å². The number of fused-ring (bicyclic) bond motifs is 1. The Morgan fingerprint density at radius 3 is 2.50 bits per heavy atom. The summed E-state index contributed by atoms with van der Waals surface area (Å²) >= 11 is 18.2. The zero-order valence-electron chi connectivity index (χ0n) is 11.3. The monoisotopic (exact) mass is 357 g/mol. The van der Waals surface area contributed by atoms with E-state index in [1.54, 1.807) is 25.2 Å². The number of anilines is 2. The van der Waals surface area contributed by atoms with Crippen molar-refractivity contribution in [3.05, 3.63) is 45.3 Å². The molecule has 0 aliphatic carbocycles. The Balaban J connectivity index is 2.19. The fraction of sp³-hybridized carbons (Fsp3) is 0.154. The summed E-state index contributed by atoms with van der Waals surface area (Å²) in [6, 6.07) is 4.55. The molecule has 2 N–H and O–H groups in total. The van der Waals surface area contributed by atoms with Gasteiger partial charge >= 0.3 is 6.03 Å². The molecule has 2 amide bonds. The van der Waals surface area contributed by atoms with Gasteiger partial charge in [0, 0.05) is 13.2 Å². The number of rotatable bonds is 1. The largest absolute Gasteiger partial charge is 0.331 e. The van der Waals surface area contributed by atoms with Crippen molar-refractivity contribution in [2.45, 2.75) is 6.17 Å². The van der Waals surface area contributed by atoms with Crippen LogP contribution in [0.25, 0.3) is 0 Å². The van der Waals surface area contributed by atoms with Gasteiger partial charge in [-0.1, -0.05) is 29.3 Å². The molecule has 1 unspecified atom stereocenters. The third-order valence-corrected chi connectivity index (χ3v) is 4.14.